The topological polar surface area (TPSA) is 63.6 Å². The summed E-state index contributed by atoms with van der Waals surface area (Å²) >= 11 is 0. The Labute approximate surface area is 90.6 Å². The zero-order valence-electron chi connectivity index (χ0n) is 9.66. The summed E-state index contributed by atoms with van der Waals surface area (Å²) in [6, 6.07) is 0. The predicted molar refractivity (Wildman–Crippen MR) is 56.8 cm³/mol. The van der Waals surface area contributed by atoms with E-state index in [-0.39, 0.29) is 24.4 Å². The van der Waals surface area contributed by atoms with Gasteiger partial charge in [-0.15, -0.1) is 0 Å². The largest absolute Gasteiger partial charge is 0.481 e. The van der Waals surface area contributed by atoms with Gasteiger partial charge in [0.25, 0.3) is 0 Å². The Bertz CT molecular complexity index is 191. The molecule has 15 heavy (non-hydrogen) atoms. The maximum atomic E-state index is 10.7. The van der Waals surface area contributed by atoms with E-state index in [1.807, 2.05) is 13.8 Å². The minimum absolute atomic E-state index is 0.0500. The molecule has 1 heterocycles. The number of carbonyl (C=O) groups excluding carboxylic acids is 1. The Balaban J connectivity index is 0.000000921. The molecule has 0 spiro atoms. The zero-order chi connectivity index (χ0) is 11.8. The molecule has 4 nitrogen and oxygen atoms in total. The number of hydrogen-bond acceptors (Lipinski definition) is 3. The van der Waals surface area contributed by atoms with E-state index in [1.54, 1.807) is 0 Å². The first kappa shape index (κ1) is 14.1. The fraction of sp³-hybridized carbons (Fsp3) is 0.818. The number of carbonyl (C=O) groups is 2. The highest BCUT2D eigenvalue weighted by Crippen LogP contribution is 2.24. The van der Waals surface area contributed by atoms with Gasteiger partial charge in [-0.05, 0) is 19.8 Å². The van der Waals surface area contributed by atoms with E-state index in [1.165, 1.54) is 6.92 Å². The van der Waals surface area contributed by atoms with Gasteiger partial charge in [0, 0.05) is 6.42 Å². The average Bonchev–Trinajstić information content (AvgIpc) is 2.54. The van der Waals surface area contributed by atoms with Gasteiger partial charge in [-0.3, -0.25) is 9.59 Å². The number of ether oxygens (including phenoxy) is 1. The lowest BCUT2D eigenvalue weighted by atomic mass is 10.1. The maximum absolute atomic E-state index is 10.7. The standard InChI is InChI=1S/C9H14O4.C2H6/c1-6(10)4-7-2-3-8(13-7)5-9(11)12;1-2/h7-8H,2-5H2,1H3,(H,11,12);1-2H3. The number of hydrogen-bond donors (Lipinski definition) is 1. The molecule has 1 saturated heterocycles. The van der Waals surface area contributed by atoms with Gasteiger partial charge in [0.1, 0.15) is 5.78 Å². The van der Waals surface area contributed by atoms with Crippen LogP contribution in [0.15, 0.2) is 0 Å². The molecule has 0 aromatic heterocycles. The fourth-order valence-electron chi connectivity index (χ4n) is 1.60. The number of ketones is 1. The quantitative estimate of drug-likeness (QED) is 0.780. The average molecular weight is 216 g/mol. The first-order chi connectivity index (χ1) is 7.08. The van der Waals surface area contributed by atoms with Crippen LogP contribution in [-0.4, -0.2) is 29.1 Å². The lowest BCUT2D eigenvalue weighted by Crippen LogP contribution is -2.16. The molecule has 1 rings (SSSR count). The van der Waals surface area contributed by atoms with Crippen LogP contribution in [0.5, 0.6) is 0 Å². The normalized spacial score (nSPS) is 24.2. The molecule has 0 bridgehead atoms. The summed E-state index contributed by atoms with van der Waals surface area (Å²) in [6.07, 6.45) is 1.77. The summed E-state index contributed by atoms with van der Waals surface area (Å²) in [5.41, 5.74) is 0. The third-order valence-corrected chi connectivity index (χ3v) is 2.11. The molecule has 2 atom stereocenters. The number of aliphatic carboxylic acids is 1. The highest BCUT2D eigenvalue weighted by atomic mass is 16.5. The Hall–Kier alpha value is -0.900. The fourth-order valence-corrected chi connectivity index (χ4v) is 1.60. The van der Waals surface area contributed by atoms with Crippen LogP contribution in [-0.2, 0) is 14.3 Å². The van der Waals surface area contributed by atoms with E-state index in [2.05, 4.69) is 0 Å². The van der Waals surface area contributed by atoms with Crippen molar-refractivity contribution in [3.05, 3.63) is 0 Å². The molecule has 88 valence electrons. The molecular weight excluding hydrogens is 196 g/mol. The van der Waals surface area contributed by atoms with Crippen molar-refractivity contribution < 1.29 is 19.4 Å². The second kappa shape index (κ2) is 7.40. The first-order valence-corrected chi connectivity index (χ1v) is 5.44. The molecule has 0 amide bonds. The van der Waals surface area contributed by atoms with Gasteiger partial charge in [-0.25, -0.2) is 0 Å². The van der Waals surface area contributed by atoms with Crippen molar-refractivity contribution in [1.29, 1.82) is 0 Å². The maximum Gasteiger partial charge on any atom is 0.305 e. The third kappa shape index (κ3) is 6.23. The van der Waals surface area contributed by atoms with Crippen LogP contribution in [0.4, 0.5) is 0 Å². The molecule has 4 heteroatoms. The highest BCUT2D eigenvalue weighted by Gasteiger charge is 2.27. The molecule has 1 N–H and O–H groups in total. The van der Waals surface area contributed by atoms with Crippen molar-refractivity contribution in [1.82, 2.24) is 0 Å². The van der Waals surface area contributed by atoms with Crippen LogP contribution in [0.25, 0.3) is 0 Å². The van der Waals surface area contributed by atoms with Crippen LogP contribution >= 0.6 is 0 Å². The van der Waals surface area contributed by atoms with E-state index in [0.29, 0.717) is 6.42 Å². The van der Waals surface area contributed by atoms with Crippen molar-refractivity contribution >= 4 is 11.8 Å². The van der Waals surface area contributed by atoms with Crippen molar-refractivity contribution in [2.45, 2.75) is 58.7 Å². The van der Waals surface area contributed by atoms with Crippen LogP contribution < -0.4 is 0 Å². The van der Waals surface area contributed by atoms with E-state index in [0.717, 1.165) is 12.8 Å². The molecule has 2 unspecified atom stereocenters. The van der Waals surface area contributed by atoms with Gasteiger partial charge in [0.15, 0.2) is 0 Å². The molecular formula is C11H20O4. The third-order valence-electron chi connectivity index (χ3n) is 2.11. The SMILES string of the molecule is CC.CC(=O)CC1CCC(CC(=O)O)O1. The number of Topliss-reactive ketones (excluding diaryl/α,β-unsaturated/α-hetero) is 1. The number of carboxylic acid groups (broad SMARTS) is 1. The van der Waals surface area contributed by atoms with Gasteiger partial charge in [-0.1, -0.05) is 13.8 Å². The van der Waals surface area contributed by atoms with Gasteiger partial charge in [-0.2, -0.15) is 0 Å². The zero-order valence-corrected chi connectivity index (χ0v) is 9.66. The first-order valence-electron chi connectivity index (χ1n) is 5.44. The van der Waals surface area contributed by atoms with Crippen molar-refractivity contribution in [2.24, 2.45) is 0 Å². The Morgan fingerprint density at radius 2 is 1.67 bits per heavy atom. The summed E-state index contributed by atoms with van der Waals surface area (Å²) in [4.78, 5) is 21.1. The van der Waals surface area contributed by atoms with Crippen LogP contribution in [0, 0.1) is 0 Å². The lowest BCUT2D eigenvalue weighted by molar-refractivity contribution is -0.140. The molecule has 0 radical (unpaired) electrons. The minimum Gasteiger partial charge on any atom is -0.481 e. The van der Waals surface area contributed by atoms with Gasteiger partial charge in [0.05, 0.1) is 18.6 Å². The molecule has 1 fully saturated rings. The van der Waals surface area contributed by atoms with Crippen LogP contribution in [0.3, 0.4) is 0 Å². The summed E-state index contributed by atoms with van der Waals surface area (Å²) in [6.45, 7) is 5.52. The lowest BCUT2D eigenvalue weighted by Gasteiger charge is -2.10. The van der Waals surface area contributed by atoms with Crippen molar-refractivity contribution in [2.75, 3.05) is 0 Å². The van der Waals surface area contributed by atoms with Crippen molar-refractivity contribution in [3.8, 4) is 0 Å². The summed E-state index contributed by atoms with van der Waals surface area (Å²) in [7, 11) is 0. The van der Waals surface area contributed by atoms with E-state index < -0.39 is 5.97 Å². The van der Waals surface area contributed by atoms with E-state index in [9.17, 15) is 9.59 Å². The summed E-state index contributed by atoms with van der Waals surface area (Å²) in [5, 5.41) is 8.50. The Morgan fingerprint density at radius 1 is 1.20 bits per heavy atom. The summed E-state index contributed by atoms with van der Waals surface area (Å²) in [5.74, 6) is -0.741. The van der Waals surface area contributed by atoms with Crippen molar-refractivity contribution in [3.63, 3.8) is 0 Å². The Kier molecular flexibility index (Phi) is 6.96. The van der Waals surface area contributed by atoms with Crippen LogP contribution in [0.1, 0.15) is 46.5 Å². The monoisotopic (exact) mass is 216 g/mol. The molecule has 0 aromatic carbocycles. The molecule has 1 aliphatic heterocycles. The smallest absolute Gasteiger partial charge is 0.305 e. The highest BCUT2D eigenvalue weighted by molar-refractivity contribution is 5.76. The second-order valence-corrected chi connectivity index (χ2v) is 3.46. The van der Waals surface area contributed by atoms with Crippen LogP contribution in [0.2, 0.25) is 0 Å². The molecule has 1 aliphatic rings. The van der Waals surface area contributed by atoms with E-state index in [4.69, 9.17) is 9.84 Å². The predicted octanol–water partition coefficient (Wildman–Crippen LogP) is 2.01. The molecule has 0 aromatic rings. The molecule has 0 saturated carbocycles. The summed E-state index contributed by atoms with van der Waals surface area (Å²) < 4.78 is 5.38. The van der Waals surface area contributed by atoms with Gasteiger partial charge in [0.2, 0.25) is 0 Å². The van der Waals surface area contributed by atoms with Gasteiger partial charge >= 0.3 is 5.97 Å². The second-order valence-electron chi connectivity index (χ2n) is 3.46. The number of rotatable bonds is 4. The Morgan fingerprint density at radius 3 is 2.07 bits per heavy atom. The number of carboxylic acids is 1. The minimum atomic E-state index is -0.839. The van der Waals surface area contributed by atoms with E-state index >= 15 is 0 Å². The van der Waals surface area contributed by atoms with Gasteiger partial charge < -0.3 is 9.84 Å². The molecule has 0 aliphatic carbocycles.